The highest BCUT2D eigenvalue weighted by atomic mass is 35.5. The van der Waals surface area contributed by atoms with Gasteiger partial charge in [-0.3, -0.25) is 9.59 Å². The second kappa shape index (κ2) is 6.38. The molecule has 0 saturated carbocycles. The first kappa shape index (κ1) is 15.5. The third-order valence-electron chi connectivity index (χ3n) is 3.68. The fraction of sp³-hybridized carbons (Fsp3) is 0.176. The van der Waals surface area contributed by atoms with E-state index in [2.05, 4.69) is 5.32 Å². The molecule has 2 aromatic rings. The lowest BCUT2D eigenvalue weighted by molar-refractivity contribution is -0.117. The van der Waals surface area contributed by atoms with E-state index in [-0.39, 0.29) is 16.5 Å². The van der Waals surface area contributed by atoms with Crippen molar-refractivity contribution in [3.63, 3.8) is 0 Å². The van der Waals surface area contributed by atoms with Crippen molar-refractivity contribution in [2.45, 2.75) is 12.8 Å². The van der Waals surface area contributed by atoms with Crippen LogP contribution in [0.2, 0.25) is 5.02 Å². The summed E-state index contributed by atoms with van der Waals surface area (Å²) in [5, 5.41) is 2.67. The first-order chi connectivity index (χ1) is 11.1. The molecule has 1 heterocycles. The van der Waals surface area contributed by atoms with Crippen molar-refractivity contribution in [2.24, 2.45) is 0 Å². The van der Waals surface area contributed by atoms with Crippen molar-refractivity contribution in [2.75, 3.05) is 16.8 Å². The molecule has 2 aromatic carbocycles. The molecule has 0 atom stereocenters. The van der Waals surface area contributed by atoms with Gasteiger partial charge in [0.15, 0.2) is 0 Å². The second-order valence-electron chi connectivity index (χ2n) is 5.25. The van der Waals surface area contributed by atoms with Gasteiger partial charge in [-0.15, -0.1) is 0 Å². The van der Waals surface area contributed by atoms with Crippen LogP contribution in [0, 0.1) is 5.82 Å². The van der Waals surface area contributed by atoms with Gasteiger partial charge in [0.25, 0.3) is 5.91 Å². The van der Waals surface area contributed by atoms with Crippen LogP contribution in [-0.4, -0.2) is 18.4 Å². The predicted octanol–water partition coefficient (Wildman–Crippen LogP) is 3.86. The molecule has 1 aliphatic rings. The normalized spacial score (nSPS) is 14.2. The zero-order valence-corrected chi connectivity index (χ0v) is 12.9. The zero-order chi connectivity index (χ0) is 16.4. The van der Waals surface area contributed by atoms with Gasteiger partial charge in [-0.25, -0.2) is 4.39 Å². The average molecular weight is 333 g/mol. The van der Waals surface area contributed by atoms with Crippen LogP contribution in [0.4, 0.5) is 15.8 Å². The molecule has 3 rings (SSSR count). The summed E-state index contributed by atoms with van der Waals surface area (Å²) in [5.41, 5.74) is 0.994. The van der Waals surface area contributed by atoms with Gasteiger partial charge in [-0.2, -0.15) is 0 Å². The Labute approximate surface area is 137 Å². The molecule has 0 aliphatic carbocycles. The first-order valence-corrected chi connectivity index (χ1v) is 7.60. The number of rotatable bonds is 3. The number of hydrogen-bond donors (Lipinski definition) is 1. The first-order valence-electron chi connectivity index (χ1n) is 7.22. The minimum atomic E-state index is -0.680. The highest BCUT2D eigenvalue weighted by Crippen LogP contribution is 2.25. The minimum absolute atomic E-state index is 0.0494. The van der Waals surface area contributed by atoms with Gasteiger partial charge >= 0.3 is 0 Å². The summed E-state index contributed by atoms with van der Waals surface area (Å²) in [6.45, 7) is 0.662. The summed E-state index contributed by atoms with van der Waals surface area (Å²) in [5.74, 6) is -1.25. The number of anilines is 2. The fourth-order valence-corrected chi connectivity index (χ4v) is 2.83. The Balaban J connectivity index is 1.83. The zero-order valence-electron chi connectivity index (χ0n) is 12.2. The van der Waals surface area contributed by atoms with E-state index in [1.165, 1.54) is 18.2 Å². The van der Waals surface area contributed by atoms with Gasteiger partial charge < -0.3 is 10.2 Å². The largest absolute Gasteiger partial charge is 0.322 e. The smallest absolute Gasteiger partial charge is 0.260 e. The molecule has 0 spiro atoms. The molecule has 2 amide bonds. The van der Waals surface area contributed by atoms with Gasteiger partial charge in [0, 0.05) is 24.3 Å². The maximum atomic E-state index is 13.8. The molecule has 6 heteroatoms. The van der Waals surface area contributed by atoms with Crippen LogP contribution >= 0.6 is 11.6 Å². The monoisotopic (exact) mass is 332 g/mol. The number of amides is 2. The third kappa shape index (κ3) is 3.19. The Hall–Kier alpha value is -2.40. The molecule has 0 radical (unpaired) electrons. The number of halogens is 2. The van der Waals surface area contributed by atoms with Gasteiger partial charge in [-0.1, -0.05) is 23.7 Å². The predicted molar refractivity (Wildman–Crippen MR) is 87.4 cm³/mol. The fourth-order valence-electron chi connectivity index (χ4n) is 2.58. The average Bonchev–Trinajstić information content (AvgIpc) is 2.93. The third-order valence-corrected chi connectivity index (χ3v) is 3.99. The summed E-state index contributed by atoms with van der Waals surface area (Å²) < 4.78 is 13.8. The van der Waals surface area contributed by atoms with E-state index in [0.29, 0.717) is 24.3 Å². The molecule has 1 aliphatic heterocycles. The number of hydrogen-bond acceptors (Lipinski definition) is 2. The SMILES string of the molecule is O=C(Nc1cccc(N2CCCC2=O)c1)c1c(F)cccc1Cl. The summed E-state index contributed by atoms with van der Waals surface area (Å²) in [6.07, 6.45) is 1.35. The lowest BCUT2D eigenvalue weighted by Crippen LogP contribution is -2.23. The lowest BCUT2D eigenvalue weighted by Gasteiger charge is -2.17. The van der Waals surface area contributed by atoms with Gasteiger partial charge in [0.1, 0.15) is 5.82 Å². The van der Waals surface area contributed by atoms with Crippen molar-refractivity contribution in [1.82, 2.24) is 0 Å². The molecular weight excluding hydrogens is 319 g/mol. The van der Waals surface area contributed by atoms with Crippen molar-refractivity contribution in [3.05, 3.63) is 58.9 Å². The van der Waals surface area contributed by atoms with E-state index in [1.807, 2.05) is 0 Å². The lowest BCUT2D eigenvalue weighted by atomic mass is 10.2. The highest BCUT2D eigenvalue weighted by Gasteiger charge is 2.22. The number of benzene rings is 2. The number of nitrogens with zero attached hydrogens (tertiary/aromatic N) is 1. The van der Waals surface area contributed by atoms with Gasteiger partial charge in [0.05, 0.1) is 10.6 Å². The van der Waals surface area contributed by atoms with Crippen LogP contribution < -0.4 is 10.2 Å². The number of nitrogens with one attached hydrogen (secondary N) is 1. The van der Waals surface area contributed by atoms with Crippen molar-refractivity contribution in [1.29, 1.82) is 0 Å². The van der Waals surface area contributed by atoms with Crippen molar-refractivity contribution in [3.8, 4) is 0 Å². The van der Waals surface area contributed by atoms with Crippen LogP contribution in [0.5, 0.6) is 0 Å². The molecule has 1 fully saturated rings. The molecule has 4 nitrogen and oxygen atoms in total. The molecule has 118 valence electrons. The molecule has 1 N–H and O–H groups in total. The molecular formula is C17H14ClFN2O2. The van der Waals surface area contributed by atoms with Crippen molar-refractivity contribution < 1.29 is 14.0 Å². The minimum Gasteiger partial charge on any atom is -0.322 e. The van der Waals surface area contributed by atoms with Crippen LogP contribution in [0.1, 0.15) is 23.2 Å². The Kier molecular flexibility index (Phi) is 4.30. The van der Waals surface area contributed by atoms with E-state index in [0.717, 1.165) is 6.42 Å². The van der Waals surface area contributed by atoms with E-state index in [9.17, 15) is 14.0 Å². The maximum Gasteiger partial charge on any atom is 0.260 e. The Morgan fingerprint density at radius 3 is 2.70 bits per heavy atom. The van der Waals surface area contributed by atoms with E-state index in [4.69, 9.17) is 11.6 Å². The highest BCUT2D eigenvalue weighted by molar-refractivity contribution is 6.34. The van der Waals surface area contributed by atoms with Crippen LogP contribution in [-0.2, 0) is 4.79 Å². The van der Waals surface area contributed by atoms with E-state index < -0.39 is 11.7 Å². The number of carbonyl (C=O) groups excluding carboxylic acids is 2. The van der Waals surface area contributed by atoms with Crippen LogP contribution in [0.25, 0.3) is 0 Å². The molecule has 0 bridgehead atoms. The second-order valence-corrected chi connectivity index (χ2v) is 5.66. The summed E-state index contributed by atoms with van der Waals surface area (Å²) in [4.78, 5) is 25.7. The van der Waals surface area contributed by atoms with Crippen molar-refractivity contribution >= 4 is 34.8 Å². The Bertz CT molecular complexity index is 759. The van der Waals surface area contributed by atoms with Gasteiger partial charge in [-0.05, 0) is 36.8 Å². The molecule has 23 heavy (non-hydrogen) atoms. The quantitative estimate of drug-likeness (QED) is 0.928. The van der Waals surface area contributed by atoms with Gasteiger partial charge in [0.2, 0.25) is 5.91 Å². The summed E-state index contributed by atoms with van der Waals surface area (Å²) >= 11 is 5.89. The summed E-state index contributed by atoms with van der Waals surface area (Å²) in [6, 6.07) is 11.0. The topological polar surface area (TPSA) is 49.4 Å². The van der Waals surface area contributed by atoms with E-state index >= 15 is 0 Å². The summed E-state index contributed by atoms with van der Waals surface area (Å²) in [7, 11) is 0. The van der Waals surface area contributed by atoms with Crippen LogP contribution in [0.3, 0.4) is 0 Å². The maximum absolute atomic E-state index is 13.8. The molecule has 0 aromatic heterocycles. The molecule has 1 saturated heterocycles. The van der Waals surface area contributed by atoms with Crippen LogP contribution in [0.15, 0.2) is 42.5 Å². The number of carbonyl (C=O) groups is 2. The Morgan fingerprint density at radius 1 is 1.22 bits per heavy atom. The Morgan fingerprint density at radius 2 is 2.00 bits per heavy atom. The van der Waals surface area contributed by atoms with E-state index in [1.54, 1.807) is 29.2 Å². The molecule has 0 unspecified atom stereocenters. The standard InChI is InChI=1S/C17H14ClFN2O2/c18-13-6-2-7-14(19)16(13)17(23)20-11-4-1-5-12(10-11)21-9-3-8-15(21)22/h1-2,4-7,10H,3,8-9H2,(H,20,23).